The molecule has 0 aliphatic heterocycles. The zero-order chi connectivity index (χ0) is 11.0. The Morgan fingerprint density at radius 1 is 0.875 bits per heavy atom. The van der Waals surface area contributed by atoms with Crippen molar-refractivity contribution in [2.45, 2.75) is 0 Å². The van der Waals surface area contributed by atoms with Crippen LogP contribution < -0.4 is 0 Å². The lowest BCUT2D eigenvalue weighted by atomic mass is 10.3. The van der Waals surface area contributed by atoms with E-state index < -0.39 is 6.08 Å². The second kappa shape index (κ2) is 3.45. The maximum absolute atomic E-state index is 13.7. The lowest BCUT2D eigenvalue weighted by Gasteiger charge is -2.03. The number of imidazole rings is 1. The second-order valence-corrected chi connectivity index (χ2v) is 3.54. The molecule has 0 unspecified atom stereocenters. The maximum atomic E-state index is 13.7. The number of aromatic nitrogens is 2. The van der Waals surface area contributed by atoms with Crippen LogP contribution in [0.4, 0.5) is 4.39 Å². The molecule has 3 aromatic rings. The normalized spacial score (nSPS) is 10.8. The van der Waals surface area contributed by atoms with Gasteiger partial charge in [-0.15, -0.1) is 0 Å². The zero-order valence-electron chi connectivity index (χ0n) is 8.47. The van der Waals surface area contributed by atoms with Gasteiger partial charge in [0.2, 0.25) is 0 Å². The summed E-state index contributed by atoms with van der Waals surface area (Å²) < 4.78 is 15.3. The summed E-state index contributed by atoms with van der Waals surface area (Å²) in [5.41, 5.74) is 2.24. The van der Waals surface area contributed by atoms with E-state index in [1.54, 1.807) is 6.07 Å². The molecule has 1 heterocycles. The molecule has 1 aromatic heterocycles. The van der Waals surface area contributed by atoms with Crippen LogP contribution in [0, 0.1) is 6.08 Å². The van der Waals surface area contributed by atoms with Crippen LogP contribution in [0.1, 0.15) is 0 Å². The number of rotatable bonds is 1. The first-order valence-corrected chi connectivity index (χ1v) is 5.05. The molecule has 78 valence electrons. The van der Waals surface area contributed by atoms with Gasteiger partial charge in [0.05, 0.1) is 11.0 Å². The fourth-order valence-corrected chi connectivity index (χ4v) is 1.82. The van der Waals surface area contributed by atoms with Gasteiger partial charge in [0, 0.05) is 5.69 Å². The molecule has 16 heavy (non-hydrogen) atoms. The predicted molar refractivity (Wildman–Crippen MR) is 61.0 cm³/mol. The number of fused-ring (bicyclic) bond motifs is 1. The van der Waals surface area contributed by atoms with Gasteiger partial charge in [-0.2, -0.15) is 4.39 Å². The van der Waals surface area contributed by atoms with Gasteiger partial charge in [0.1, 0.15) is 0 Å². The summed E-state index contributed by atoms with van der Waals surface area (Å²) in [6.45, 7) is 0. The fourth-order valence-electron chi connectivity index (χ4n) is 1.82. The van der Waals surface area contributed by atoms with E-state index in [2.05, 4.69) is 4.98 Å². The molecule has 0 bridgehead atoms. The average Bonchev–Trinajstić information content (AvgIpc) is 2.66. The molecule has 2 nitrogen and oxygen atoms in total. The van der Waals surface area contributed by atoms with Crippen molar-refractivity contribution in [2.75, 3.05) is 0 Å². The Bertz CT molecular complexity index is 629. The van der Waals surface area contributed by atoms with Crippen LogP contribution in [0.5, 0.6) is 0 Å². The van der Waals surface area contributed by atoms with Crippen LogP contribution in [0.3, 0.4) is 0 Å². The van der Waals surface area contributed by atoms with Crippen molar-refractivity contribution in [3.05, 3.63) is 60.7 Å². The van der Waals surface area contributed by atoms with Crippen molar-refractivity contribution in [3.63, 3.8) is 0 Å². The highest BCUT2D eigenvalue weighted by atomic mass is 19.1. The quantitative estimate of drug-likeness (QED) is 0.605. The van der Waals surface area contributed by atoms with Gasteiger partial charge >= 0.3 is 0 Å². The summed E-state index contributed by atoms with van der Waals surface area (Å²) >= 11 is 0. The van der Waals surface area contributed by atoms with E-state index in [0.717, 1.165) is 11.2 Å². The number of nitrogens with zero attached hydrogens (tertiary/aromatic N) is 2. The van der Waals surface area contributed by atoms with Crippen molar-refractivity contribution in [3.8, 4) is 5.69 Å². The lowest BCUT2D eigenvalue weighted by molar-refractivity contribution is 0.528. The molecule has 0 spiro atoms. The van der Waals surface area contributed by atoms with E-state index in [0.29, 0.717) is 5.52 Å². The van der Waals surface area contributed by atoms with Crippen LogP contribution in [-0.4, -0.2) is 9.55 Å². The Balaban J connectivity index is 2.35. The van der Waals surface area contributed by atoms with Crippen LogP contribution >= 0.6 is 0 Å². The van der Waals surface area contributed by atoms with Crippen LogP contribution in [0.2, 0.25) is 0 Å². The molecule has 0 aliphatic carbocycles. The third-order valence-electron chi connectivity index (χ3n) is 2.53. The Hall–Kier alpha value is -2.16. The van der Waals surface area contributed by atoms with Gasteiger partial charge < -0.3 is 0 Å². The van der Waals surface area contributed by atoms with Crippen molar-refractivity contribution >= 4 is 11.0 Å². The Kier molecular flexibility index (Phi) is 1.96. The molecular weight excluding hydrogens is 203 g/mol. The summed E-state index contributed by atoms with van der Waals surface area (Å²) in [7, 11) is 0. The Morgan fingerprint density at radius 2 is 1.56 bits per heavy atom. The summed E-state index contributed by atoms with van der Waals surface area (Å²) in [4.78, 5) is 3.89. The first-order chi connectivity index (χ1) is 7.86. The predicted octanol–water partition coefficient (Wildman–Crippen LogP) is 3.16. The minimum Gasteiger partial charge on any atom is -0.269 e. The van der Waals surface area contributed by atoms with Gasteiger partial charge in [-0.3, -0.25) is 4.57 Å². The molecule has 3 heteroatoms. The molecule has 0 saturated heterocycles. The smallest absolute Gasteiger partial charge is 0.269 e. The second-order valence-electron chi connectivity index (χ2n) is 3.54. The van der Waals surface area contributed by atoms with Crippen LogP contribution in [0.25, 0.3) is 16.7 Å². The average molecular weight is 212 g/mol. The van der Waals surface area contributed by atoms with Crippen molar-refractivity contribution in [2.24, 2.45) is 0 Å². The van der Waals surface area contributed by atoms with Crippen LogP contribution in [0.15, 0.2) is 54.6 Å². The molecule has 0 N–H and O–H groups in total. The monoisotopic (exact) mass is 212 g/mol. The molecule has 0 aliphatic rings. The summed E-state index contributed by atoms with van der Waals surface area (Å²) in [5, 5.41) is 0. The largest absolute Gasteiger partial charge is 0.294 e. The lowest BCUT2D eigenvalue weighted by Crippen LogP contribution is -1.96. The maximum Gasteiger partial charge on any atom is 0.294 e. The topological polar surface area (TPSA) is 17.8 Å². The van der Waals surface area contributed by atoms with E-state index in [-0.39, 0.29) is 0 Å². The standard InChI is InChI=1S/C13H9FN2/c14-13-15-11-8-4-5-9-12(11)16(13)10-6-2-1-3-7-10/h1-9H. The van der Waals surface area contributed by atoms with Gasteiger partial charge in [0.25, 0.3) is 6.08 Å². The number of para-hydroxylation sites is 3. The number of halogens is 1. The van der Waals surface area contributed by atoms with Gasteiger partial charge in [-0.05, 0) is 24.3 Å². The minimum absolute atomic E-state index is 0.479. The van der Waals surface area contributed by atoms with Gasteiger partial charge in [-0.25, -0.2) is 4.98 Å². The van der Waals surface area contributed by atoms with E-state index in [1.807, 2.05) is 48.5 Å². The zero-order valence-corrected chi connectivity index (χ0v) is 8.47. The summed E-state index contributed by atoms with van der Waals surface area (Å²) in [6.07, 6.45) is -0.479. The molecule has 0 atom stereocenters. The van der Waals surface area contributed by atoms with Crippen LogP contribution in [-0.2, 0) is 0 Å². The van der Waals surface area contributed by atoms with Crippen molar-refractivity contribution < 1.29 is 4.39 Å². The summed E-state index contributed by atoms with van der Waals surface area (Å²) in [5.74, 6) is 0. The first-order valence-electron chi connectivity index (χ1n) is 5.05. The Labute approximate surface area is 92.0 Å². The van der Waals surface area contributed by atoms with Crippen molar-refractivity contribution in [1.29, 1.82) is 0 Å². The third-order valence-corrected chi connectivity index (χ3v) is 2.53. The molecule has 0 amide bonds. The van der Waals surface area contributed by atoms with Gasteiger partial charge in [-0.1, -0.05) is 30.3 Å². The van der Waals surface area contributed by atoms with E-state index in [9.17, 15) is 4.39 Å². The molecule has 3 rings (SSSR count). The molecule has 0 radical (unpaired) electrons. The highest BCUT2D eigenvalue weighted by Crippen LogP contribution is 2.19. The molecule has 0 fully saturated rings. The Morgan fingerprint density at radius 3 is 2.38 bits per heavy atom. The van der Waals surface area contributed by atoms with Gasteiger partial charge in [0.15, 0.2) is 0 Å². The van der Waals surface area contributed by atoms with Crippen molar-refractivity contribution in [1.82, 2.24) is 9.55 Å². The number of benzene rings is 2. The highest BCUT2D eigenvalue weighted by molar-refractivity contribution is 5.77. The first kappa shape index (κ1) is 9.09. The highest BCUT2D eigenvalue weighted by Gasteiger charge is 2.10. The third kappa shape index (κ3) is 1.29. The van der Waals surface area contributed by atoms with E-state index in [1.165, 1.54) is 4.57 Å². The fraction of sp³-hybridized carbons (Fsp3) is 0. The minimum atomic E-state index is -0.479. The molecule has 0 saturated carbocycles. The van der Waals surface area contributed by atoms with E-state index in [4.69, 9.17) is 0 Å². The number of hydrogen-bond acceptors (Lipinski definition) is 1. The molecular formula is C13H9FN2. The SMILES string of the molecule is Fc1nc2ccccc2n1-c1ccccc1. The number of hydrogen-bond donors (Lipinski definition) is 0. The summed E-state index contributed by atoms with van der Waals surface area (Å²) in [6, 6.07) is 16.8. The van der Waals surface area contributed by atoms with E-state index >= 15 is 0 Å². The molecule has 2 aromatic carbocycles.